The van der Waals surface area contributed by atoms with Gasteiger partial charge in [0.1, 0.15) is 5.78 Å². The molecule has 2 fully saturated rings. The molecule has 2 bridgehead atoms. The van der Waals surface area contributed by atoms with Gasteiger partial charge in [0.05, 0.1) is 12.5 Å². The molecule has 0 aromatic heterocycles. The number of ketones is 1. The first-order chi connectivity index (χ1) is 9.88. The lowest BCUT2D eigenvalue weighted by molar-refractivity contribution is -0.150. The van der Waals surface area contributed by atoms with Crippen molar-refractivity contribution in [2.45, 2.75) is 72.1 Å². The van der Waals surface area contributed by atoms with E-state index in [1.54, 1.807) is 0 Å². The van der Waals surface area contributed by atoms with Gasteiger partial charge in [-0.2, -0.15) is 0 Å². The third-order valence-electron chi connectivity index (χ3n) is 5.17. The van der Waals surface area contributed by atoms with Gasteiger partial charge in [0, 0.05) is 11.8 Å². The van der Waals surface area contributed by atoms with E-state index in [1.807, 2.05) is 20.8 Å². The molecule has 3 nitrogen and oxygen atoms in total. The van der Waals surface area contributed by atoms with E-state index >= 15 is 0 Å². The Morgan fingerprint density at radius 1 is 1.05 bits per heavy atom. The topological polar surface area (TPSA) is 43.4 Å². The molecule has 2 saturated carbocycles. The number of ether oxygens (including phenoxy) is 1. The Kier molecular flexibility index (Phi) is 5.45. The molecule has 3 unspecified atom stereocenters. The number of Topliss-reactive ketones (excluding diaryl/α,β-unsaturated/α-hetero) is 1. The summed E-state index contributed by atoms with van der Waals surface area (Å²) in [4.78, 5) is 23.8. The Bertz CT molecular complexity index is 380. The summed E-state index contributed by atoms with van der Waals surface area (Å²) < 4.78 is 5.43. The number of unbranched alkanes of at least 4 members (excludes halogenated alkanes) is 2. The maximum absolute atomic E-state index is 12.0. The lowest BCUT2D eigenvalue weighted by Gasteiger charge is -2.20. The van der Waals surface area contributed by atoms with E-state index in [0.717, 1.165) is 31.6 Å². The van der Waals surface area contributed by atoms with Crippen LogP contribution in [0.15, 0.2) is 0 Å². The van der Waals surface area contributed by atoms with Crippen molar-refractivity contribution in [2.24, 2.45) is 23.2 Å². The lowest BCUT2D eigenvalue weighted by Crippen LogP contribution is -2.23. The van der Waals surface area contributed by atoms with Gasteiger partial charge < -0.3 is 4.74 Å². The van der Waals surface area contributed by atoms with E-state index in [-0.39, 0.29) is 17.3 Å². The van der Waals surface area contributed by atoms with Gasteiger partial charge in [0.15, 0.2) is 0 Å². The van der Waals surface area contributed by atoms with Gasteiger partial charge in [-0.25, -0.2) is 0 Å². The molecule has 0 aliphatic heterocycles. The van der Waals surface area contributed by atoms with Crippen molar-refractivity contribution in [1.29, 1.82) is 0 Å². The third-order valence-corrected chi connectivity index (χ3v) is 5.17. The molecule has 0 radical (unpaired) electrons. The summed E-state index contributed by atoms with van der Waals surface area (Å²) in [5.74, 6) is 1.93. The van der Waals surface area contributed by atoms with E-state index in [1.165, 1.54) is 19.3 Å². The van der Waals surface area contributed by atoms with Crippen molar-refractivity contribution >= 4 is 11.8 Å². The summed E-state index contributed by atoms with van der Waals surface area (Å²) in [7, 11) is 0. The molecular formula is C18H30O3. The predicted molar refractivity (Wildman–Crippen MR) is 82.8 cm³/mol. The highest BCUT2D eigenvalue weighted by molar-refractivity contribution is 5.83. The first-order valence-corrected chi connectivity index (χ1v) is 8.58. The second-order valence-electron chi connectivity index (χ2n) is 7.93. The van der Waals surface area contributed by atoms with E-state index in [4.69, 9.17) is 4.74 Å². The van der Waals surface area contributed by atoms with Crippen LogP contribution in [0.5, 0.6) is 0 Å². The number of hydrogen-bond donors (Lipinski definition) is 0. The SMILES string of the molecule is CC(C)(C)C(=O)CCCCCOC(=O)C1CC2CCC1C2. The third kappa shape index (κ3) is 4.55. The van der Waals surface area contributed by atoms with Crippen molar-refractivity contribution in [3.8, 4) is 0 Å². The fourth-order valence-electron chi connectivity index (χ4n) is 3.75. The summed E-state index contributed by atoms with van der Waals surface area (Å²) in [6.45, 7) is 6.42. The lowest BCUT2D eigenvalue weighted by atomic mass is 9.88. The van der Waals surface area contributed by atoms with E-state index in [9.17, 15) is 9.59 Å². The maximum Gasteiger partial charge on any atom is 0.309 e. The standard InChI is InChI=1S/C18H30O3/c1-18(2,3)16(19)7-5-4-6-10-21-17(20)15-12-13-8-9-14(15)11-13/h13-15H,4-12H2,1-3H3. The molecule has 0 amide bonds. The second kappa shape index (κ2) is 6.93. The minimum Gasteiger partial charge on any atom is -0.465 e. The first-order valence-electron chi connectivity index (χ1n) is 8.58. The summed E-state index contributed by atoms with van der Waals surface area (Å²) >= 11 is 0. The zero-order valence-corrected chi connectivity index (χ0v) is 13.8. The molecule has 2 aliphatic rings. The van der Waals surface area contributed by atoms with Crippen LogP contribution < -0.4 is 0 Å². The highest BCUT2D eigenvalue weighted by Gasteiger charge is 2.43. The molecule has 2 aliphatic carbocycles. The van der Waals surface area contributed by atoms with Crippen LogP contribution in [-0.4, -0.2) is 18.4 Å². The minimum atomic E-state index is -0.228. The molecule has 0 saturated heterocycles. The Hall–Kier alpha value is -0.860. The van der Waals surface area contributed by atoms with Crippen LogP contribution in [0, 0.1) is 23.2 Å². The molecule has 0 aromatic rings. The second-order valence-corrected chi connectivity index (χ2v) is 7.93. The molecule has 0 heterocycles. The summed E-state index contributed by atoms with van der Waals surface area (Å²) in [5, 5.41) is 0. The predicted octanol–water partition coefficient (Wildman–Crippen LogP) is 4.14. The number of rotatable bonds is 7. The zero-order valence-electron chi connectivity index (χ0n) is 13.8. The maximum atomic E-state index is 12.0. The molecule has 0 spiro atoms. The van der Waals surface area contributed by atoms with Crippen molar-refractivity contribution in [3.63, 3.8) is 0 Å². The highest BCUT2D eigenvalue weighted by atomic mass is 16.5. The molecule has 120 valence electrons. The Morgan fingerprint density at radius 2 is 1.81 bits per heavy atom. The fourth-order valence-corrected chi connectivity index (χ4v) is 3.75. The number of carbonyl (C=O) groups excluding carboxylic acids is 2. The molecule has 3 atom stereocenters. The summed E-state index contributed by atoms with van der Waals surface area (Å²) in [5.41, 5.74) is -0.228. The Balaban J connectivity index is 1.52. The van der Waals surface area contributed by atoms with E-state index in [0.29, 0.717) is 24.7 Å². The average Bonchev–Trinajstić information content (AvgIpc) is 3.03. The van der Waals surface area contributed by atoms with Crippen LogP contribution in [0.25, 0.3) is 0 Å². The van der Waals surface area contributed by atoms with E-state index in [2.05, 4.69) is 0 Å². The average molecular weight is 294 g/mol. The number of carbonyl (C=O) groups is 2. The molecule has 2 rings (SSSR count). The largest absolute Gasteiger partial charge is 0.465 e. The normalized spacial score (nSPS) is 27.9. The summed E-state index contributed by atoms with van der Waals surface area (Å²) in [6, 6.07) is 0. The zero-order chi connectivity index (χ0) is 15.5. The minimum absolute atomic E-state index is 0.0352. The van der Waals surface area contributed by atoms with Gasteiger partial charge >= 0.3 is 5.97 Å². The number of esters is 1. The van der Waals surface area contributed by atoms with Gasteiger partial charge in [-0.15, -0.1) is 0 Å². The van der Waals surface area contributed by atoms with Crippen LogP contribution in [0.3, 0.4) is 0 Å². The van der Waals surface area contributed by atoms with Gasteiger partial charge in [0.2, 0.25) is 0 Å². The molecule has 3 heteroatoms. The molecule has 21 heavy (non-hydrogen) atoms. The van der Waals surface area contributed by atoms with Crippen LogP contribution in [0.4, 0.5) is 0 Å². The van der Waals surface area contributed by atoms with Gasteiger partial charge in [-0.05, 0) is 50.4 Å². The van der Waals surface area contributed by atoms with Crippen molar-refractivity contribution in [2.75, 3.05) is 6.61 Å². The van der Waals surface area contributed by atoms with Gasteiger partial charge in [0.25, 0.3) is 0 Å². The fraction of sp³-hybridized carbons (Fsp3) is 0.889. The number of fused-ring (bicyclic) bond motifs is 2. The molecule has 0 aromatic carbocycles. The number of hydrogen-bond acceptors (Lipinski definition) is 3. The smallest absolute Gasteiger partial charge is 0.309 e. The van der Waals surface area contributed by atoms with Gasteiger partial charge in [-0.3, -0.25) is 9.59 Å². The van der Waals surface area contributed by atoms with Crippen molar-refractivity contribution < 1.29 is 14.3 Å². The van der Waals surface area contributed by atoms with Crippen molar-refractivity contribution in [3.05, 3.63) is 0 Å². The first kappa shape index (κ1) is 16.5. The van der Waals surface area contributed by atoms with Crippen LogP contribution in [-0.2, 0) is 14.3 Å². The summed E-state index contributed by atoms with van der Waals surface area (Å²) in [6.07, 6.45) is 8.23. The Morgan fingerprint density at radius 3 is 2.38 bits per heavy atom. The Labute approximate surface area is 128 Å². The van der Waals surface area contributed by atoms with Gasteiger partial charge in [-0.1, -0.05) is 27.2 Å². The van der Waals surface area contributed by atoms with E-state index < -0.39 is 0 Å². The molecular weight excluding hydrogens is 264 g/mol. The van der Waals surface area contributed by atoms with Crippen molar-refractivity contribution in [1.82, 2.24) is 0 Å². The van der Waals surface area contributed by atoms with Crippen LogP contribution >= 0.6 is 0 Å². The monoisotopic (exact) mass is 294 g/mol. The molecule has 0 N–H and O–H groups in total. The van der Waals surface area contributed by atoms with Crippen LogP contribution in [0.1, 0.15) is 72.1 Å². The quantitative estimate of drug-likeness (QED) is 0.523. The highest BCUT2D eigenvalue weighted by Crippen LogP contribution is 2.48. The van der Waals surface area contributed by atoms with Crippen LogP contribution in [0.2, 0.25) is 0 Å².